The molecule has 0 fully saturated rings. The molecule has 3 heteroatoms. The smallest absolute Gasteiger partial charge is 0.128 e. The van der Waals surface area contributed by atoms with Gasteiger partial charge in [0, 0.05) is 17.5 Å². The summed E-state index contributed by atoms with van der Waals surface area (Å²) in [5.74, 6) is 2.97. The van der Waals surface area contributed by atoms with Crippen molar-refractivity contribution in [3.05, 3.63) is 30.1 Å². The molecule has 0 aliphatic carbocycles. The van der Waals surface area contributed by atoms with Gasteiger partial charge in [-0.25, -0.2) is 4.98 Å². The van der Waals surface area contributed by atoms with E-state index in [1.54, 1.807) is 13.2 Å². The number of hydrogen-bond acceptors (Lipinski definition) is 2. The van der Waals surface area contributed by atoms with E-state index in [1.165, 1.54) is 0 Å². The molecule has 3 nitrogen and oxygen atoms in total. The Balaban J connectivity index is 2.42. The number of imidazole rings is 1. The lowest BCUT2D eigenvalue weighted by Gasteiger charge is -2.10. The lowest BCUT2D eigenvalue weighted by atomic mass is 9.98. The second-order valence-corrected chi connectivity index (χ2v) is 5.47. The van der Waals surface area contributed by atoms with E-state index in [-0.39, 0.29) is 0 Å². The van der Waals surface area contributed by atoms with Crippen LogP contribution < -0.4 is 4.74 Å². The van der Waals surface area contributed by atoms with E-state index in [2.05, 4.69) is 37.3 Å². The Labute approximate surface area is 114 Å². The maximum absolute atomic E-state index is 5.35. The van der Waals surface area contributed by atoms with E-state index >= 15 is 0 Å². The molecule has 1 aromatic heterocycles. The van der Waals surface area contributed by atoms with Crippen LogP contribution in [0.5, 0.6) is 5.75 Å². The zero-order valence-electron chi connectivity index (χ0n) is 12.2. The van der Waals surface area contributed by atoms with Gasteiger partial charge < -0.3 is 9.72 Å². The van der Waals surface area contributed by atoms with Crippen molar-refractivity contribution < 1.29 is 4.74 Å². The molecule has 1 N–H and O–H groups in total. The fourth-order valence-electron chi connectivity index (χ4n) is 2.46. The summed E-state index contributed by atoms with van der Waals surface area (Å²) in [6.07, 6.45) is 2.93. The largest absolute Gasteiger partial charge is 0.496 e. The summed E-state index contributed by atoms with van der Waals surface area (Å²) < 4.78 is 5.35. The van der Waals surface area contributed by atoms with Crippen LogP contribution in [0.4, 0.5) is 0 Å². The van der Waals surface area contributed by atoms with Crippen molar-refractivity contribution >= 4 is 17.1 Å². The highest BCUT2D eigenvalue weighted by atomic mass is 16.5. The van der Waals surface area contributed by atoms with Crippen molar-refractivity contribution in [2.24, 2.45) is 5.92 Å². The van der Waals surface area contributed by atoms with Crippen LogP contribution in [0.3, 0.4) is 0 Å². The number of H-pyrrole nitrogens is 1. The maximum Gasteiger partial charge on any atom is 0.128 e. The fourth-order valence-corrected chi connectivity index (χ4v) is 2.46. The molecule has 19 heavy (non-hydrogen) atoms. The highest BCUT2D eigenvalue weighted by Gasteiger charge is 2.14. The maximum atomic E-state index is 5.35. The SMILES string of the molecule is C=Cc1cc2[nH]c([C@H](C)CC(C)C)nc2cc1OC. The van der Waals surface area contributed by atoms with Gasteiger partial charge in [-0.2, -0.15) is 0 Å². The molecular weight excluding hydrogens is 236 g/mol. The summed E-state index contributed by atoms with van der Waals surface area (Å²) in [5.41, 5.74) is 2.98. The molecule has 1 aromatic carbocycles. The minimum absolute atomic E-state index is 0.436. The van der Waals surface area contributed by atoms with Crippen LogP contribution >= 0.6 is 0 Å². The van der Waals surface area contributed by atoms with E-state index in [0.29, 0.717) is 11.8 Å². The molecule has 0 aliphatic rings. The quantitative estimate of drug-likeness (QED) is 0.865. The first-order valence-electron chi connectivity index (χ1n) is 6.75. The van der Waals surface area contributed by atoms with Gasteiger partial charge in [0.05, 0.1) is 18.1 Å². The Bertz CT molecular complexity index is 584. The third-order valence-corrected chi connectivity index (χ3v) is 3.36. The van der Waals surface area contributed by atoms with Crippen LogP contribution in [0.25, 0.3) is 17.1 Å². The molecule has 0 unspecified atom stereocenters. The fraction of sp³-hybridized carbons (Fsp3) is 0.438. The number of nitrogens with one attached hydrogen (secondary N) is 1. The molecule has 0 bridgehead atoms. The van der Waals surface area contributed by atoms with Crippen molar-refractivity contribution in [3.63, 3.8) is 0 Å². The lowest BCUT2D eigenvalue weighted by Crippen LogP contribution is -2.00. The van der Waals surface area contributed by atoms with Crippen molar-refractivity contribution in [2.75, 3.05) is 7.11 Å². The summed E-state index contributed by atoms with van der Waals surface area (Å²) in [6, 6.07) is 4.01. The number of nitrogens with zero attached hydrogens (tertiary/aromatic N) is 1. The Morgan fingerprint density at radius 1 is 1.37 bits per heavy atom. The summed E-state index contributed by atoms with van der Waals surface area (Å²) in [5, 5.41) is 0. The van der Waals surface area contributed by atoms with Crippen molar-refractivity contribution in [2.45, 2.75) is 33.1 Å². The lowest BCUT2D eigenvalue weighted by molar-refractivity contribution is 0.414. The van der Waals surface area contributed by atoms with Crippen LogP contribution in [0, 0.1) is 5.92 Å². The number of methoxy groups -OCH3 is 1. The number of fused-ring (bicyclic) bond motifs is 1. The van der Waals surface area contributed by atoms with Gasteiger partial charge in [0.15, 0.2) is 0 Å². The number of hydrogen-bond donors (Lipinski definition) is 1. The van der Waals surface area contributed by atoms with E-state index in [4.69, 9.17) is 4.74 Å². The van der Waals surface area contributed by atoms with Gasteiger partial charge in [-0.1, -0.05) is 33.4 Å². The predicted octanol–water partition coefficient (Wildman–Crippen LogP) is 4.36. The first-order valence-corrected chi connectivity index (χ1v) is 6.75. The van der Waals surface area contributed by atoms with Gasteiger partial charge in [-0.3, -0.25) is 0 Å². The van der Waals surface area contributed by atoms with Gasteiger partial charge in [-0.15, -0.1) is 0 Å². The van der Waals surface area contributed by atoms with Crippen LogP contribution in [0.2, 0.25) is 0 Å². The van der Waals surface area contributed by atoms with E-state index < -0.39 is 0 Å². The molecule has 0 aliphatic heterocycles. The molecule has 2 rings (SSSR count). The molecule has 0 spiro atoms. The van der Waals surface area contributed by atoms with Crippen LogP contribution in [0.15, 0.2) is 18.7 Å². The normalized spacial score (nSPS) is 12.9. The Hall–Kier alpha value is -1.77. The minimum Gasteiger partial charge on any atom is -0.496 e. The number of aromatic amines is 1. The molecular formula is C16H22N2O. The van der Waals surface area contributed by atoms with Gasteiger partial charge in [0.2, 0.25) is 0 Å². The molecule has 2 aromatic rings. The van der Waals surface area contributed by atoms with Crippen LogP contribution in [0.1, 0.15) is 44.5 Å². The highest BCUT2D eigenvalue weighted by Crippen LogP contribution is 2.28. The van der Waals surface area contributed by atoms with Gasteiger partial charge in [0.25, 0.3) is 0 Å². The van der Waals surface area contributed by atoms with Crippen molar-refractivity contribution in [1.82, 2.24) is 9.97 Å². The zero-order valence-corrected chi connectivity index (χ0v) is 12.2. The summed E-state index contributed by atoms with van der Waals surface area (Å²) in [7, 11) is 1.67. The van der Waals surface area contributed by atoms with Gasteiger partial charge in [-0.05, 0) is 18.4 Å². The third-order valence-electron chi connectivity index (χ3n) is 3.36. The monoisotopic (exact) mass is 258 g/mol. The highest BCUT2D eigenvalue weighted by molar-refractivity contribution is 5.81. The van der Waals surface area contributed by atoms with Crippen LogP contribution in [-0.2, 0) is 0 Å². The average Bonchev–Trinajstić information content (AvgIpc) is 2.78. The third kappa shape index (κ3) is 2.80. The Morgan fingerprint density at radius 3 is 2.68 bits per heavy atom. The number of ether oxygens (including phenoxy) is 1. The van der Waals surface area contributed by atoms with Crippen molar-refractivity contribution in [1.29, 1.82) is 0 Å². The van der Waals surface area contributed by atoms with E-state index in [1.807, 2.05) is 12.1 Å². The standard InChI is InChI=1S/C16H22N2O/c1-6-12-8-13-14(9-15(12)19-5)18-16(17-13)11(4)7-10(2)3/h6,8-11H,1,7H2,2-5H3,(H,17,18)/t11-/m1/s1. The van der Waals surface area contributed by atoms with Crippen LogP contribution in [-0.4, -0.2) is 17.1 Å². The molecule has 0 amide bonds. The first kappa shape index (κ1) is 13.7. The van der Waals surface area contributed by atoms with E-state index in [9.17, 15) is 0 Å². The number of benzene rings is 1. The van der Waals surface area contributed by atoms with Gasteiger partial charge >= 0.3 is 0 Å². The summed E-state index contributed by atoms with van der Waals surface area (Å²) in [4.78, 5) is 8.09. The molecule has 0 radical (unpaired) electrons. The molecule has 102 valence electrons. The summed E-state index contributed by atoms with van der Waals surface area (Å²) in [6.45, 7) is 10.5. The predicted molar refractivity (Wildman–Crippen MR) is 80.6 cm³/mol. The summed E-state index contributed by atoms with van der Waals surface area (Å²) >= 11 is 0. The van der Waals surface area contributed by atoms with E-state index in [0.717, 1.165) is 34.6 Å². The second-order valence-electron chi connectivity index (χ2n) is 5.47. The Kier molecular flexibility index (Phi) is 3.93. The molecule has 1 atom stereocenters. The first-order chi connectivity index (χ1) is 9.05. The van der Waals surface area contributed by atoms with Crippen molar-refractivity contribution in [3.8, 4) is 5.75 Å². The second kappa shape index (κ2) is 5.47. The molecule has 0 saturated heterocycles. The zero-order chi connectivity index (χ0) is 14.0. The minimum atomic E-state index is 0.436. The topological polar surface area (TPSA) is 37.9 Å². The molecule has 1 heterocycles. The number of rotatable bonds is 5. The van der Waals surface area contributed by atoms with Gasteiger partial charge in [0.1, 0.15) is 11.6 Å². The number of aromatic nitrogens is 2. The Morgan fingerprint density at radius 2 is 2.11 bits per heavy atom. The average molecular weight is 258 g/mol. The molecule has 0 saturated carbocycles.